The Bertz CT molecular complexity index is 721. The number of fused-ring (bicyclic) bond motifs is 2. The van der Waals surface area contributed by atoms with Crippen LogP contribution in [0.15, 0.2) is 77.9 Å². The van der Waals surface area contributed by atoms with Crippen LogP contribution in [-0.2, 0) is 0 Å². The maximum Gasteiger partial charge on any atom is 0.112 e. The Labute approximate surface area is 137 Å². The van der Waals surface area contributed by atoms with Crippen molar-refractivity contribution < 1.29 is 0 Å². The molecule has 98 valence electrons. The van der Waals surface area contributed by atoms with Gasteiger partial charge in [0.15, 0.2) is 0 Å². The van der Waals surface area contributed by atoms with E-state index >= 15 is 0 Å². The summed E-state index contributed by atoms with van der Waals surface area (Å²) in [5.41, 5.74) is 5.57. The largest absolute Gasteiger partial charge is 0.123 e. The van der Waals surface area contributed by atoms with E-state index in [2.05, 4.69) is 95.5 Å². The van der Waals surface area contributed by atoms with E-state index < -0.39 is 0 Å². The molecule has 2 atom stereocenters. The number of benzene rings is 1. The Morgan fingerprint density at radius 1 is 1.05 bits per heavy atom. The van der Waals surface area contributed by atoms with Gasteiger partial charge in [-0.3, -0.25) is 0 Å². The van der Waals surface area contributed by atoms with Gasteiger partial charge in [0.05, 0.1) is 5.25 Å². The molecule has 0 saturated carbocycles. The molecule has 0 amide bonds. The van der Waals surface area contributed by atoms with Crippen LogP contribution in [0.2, 0.25) is 0 Å². The zero-order valence-electron chi connectivity index (χ0n) is 10.8. The van der Waals surface area contributed by atoms with Gasteiger partial charge in [-0.05, 0) is 22.3 Å². The number of allylic oxidation sites excluding steroid dienone is 6. The fraction of sp³-hybridized carbons (Fsp3) is 0.111. The molecule has 0 bridgehead atoms. The summed E-state index contributed by atoms with van der Waals surface area (Å²) in [6.45, 7) is 0. The molecule has 3 aliphatic rings. The predicted octanol–water partition coefficient (Wildman–Crippen LogP) is 5.61. The lowest BCUT2D eigenvalue weighted by atomic mass is 10.0. The van der Waals surface area contributed by atoms with Crippen molar-refractivity contribution in [3.8, 4) is 0 Å². The van der Waals surface area contributed by atoms with Gasteiger partial charge in [0.25, 0.3) is 0 Å². The molecule has 1 aromatic rings. The Balaban J connectivity index is 1.66. The van der Waals surface area contributed by atoms with Gasteiger partial charge in [0.2, 0.25) is 0 Å². The third-order valence-corrected chi connectivity index (χ3v) is 6.92. The van der Waals surface area contributed by atoms with Crippen LogP contribution in [0.4, 0.5) is 0 Å². The lowest BCUT2D eigenvalue weighted by Crippen LogP contribution is -2.19. The minimum absolute atomic E-state index is 0.0256. The zero-order valence-corrected chi connectivity index (χ0v) is 13.8. The minimum Gasteiger partial charge on any atom is -0.123 e. The van der Waals surface area contributed by atoms with Gasteiger partial charge in [-0.1, -0.05) is 95.5 Å². The van der Waals surface area contributed by atoms with Gasteiger partial charge in [0, 0.05) is 0 Å². The van der Waals surface area contributed by atoms with Crippen molar-refractivity contribution >= 4 is 40.4 Å². The molecule has 1 aromatic carbocycles. The molecule has 0 aromatic heterocycles. The molecule has 0 saturated heterocycles. The molecule has 0 heterocycles. The third kappa shape index (κ3) is 1.97. The summed E-state index contributed by atoms with van der Waals surface area (Å²) in [5, 5.41) is 0.439. The van der Waals surface area contributed by atoms with E-state index in [1.807, 2.05) is 11.8 Å². The molecule has 2 heteroatoms. The van der Waals surface area contributed by atoms with E-state index in [1.54, 1.807) is 0 Å². The van der Waals surface area contributed by atoms with Crippen molar-refractivity contribution in [1.82, 2.24) is 0 Å². The molecular formula is C18H13IS. The normalized spacial score (nSPS) is 29.1. The molecule has 0 N–H and O–H groups in total. The van der Waals surface area contributed by atoms with Crippen LogP contribution < -0.4 is 0 Å². The van der Waals surface area contributed by atoms with Gasteiger partial charge < -0.3 is 0 Å². The summed E-state index contributed by atoms with van der Waals surface area (Å²) in [6, 6.07) is 8.70. The highest BCUT2D eigenvalue weighted by atomic mass is 127. The molecule has 0 fully saturated rings. The van der Waals surface area contributed by atoms with Crippen LogP contribution in [-0.4, -0.2) is 2.75 Å². The molecule has 20 heavy (non-hydrogen) atoms. The van der Waals surface area contributed by atoms with Gasteiger partial charge in [-0.2, -0.15) is 0 Å². The Morgan fingerprint density at radius 2 is 1.95 bits per heavy atom. The average Bonchev–Trinajstić information content (AvgIpc) is 3.07. The molecule has 3 aliphatic carbocycles. The van der Waals surface area contributed by atoms with Crippen LogP contribution in [0.1, 0.15) is 16.4 Å². The highest BCUT2D eigenvalue weighted by Gasteiger charge is 2.36. The van der Waals surface area contributed by atoms with Crippen molar-refractivity contribution in [3.63, 3.8) is 0 Å². The lowest BCUT2D eigenvalue weighted by molar-refractivity contribution is 1.18. The summed E-state index contributed by atoms with van der Waals surface area (Å²) in [6.07, 6.45) is 17.9. The summed E-state index contributed by atoms with van der Waals surface area (Å²) < 4.78 is 0.0256. The Kier molecular flexibility index (Phi) is 3.04. The van der Waals surface area contributed by atoms with Gasteiger partial charge in [-0.25, -0.2) is 0 Å². The molecular weight excluding hydrogens is 375 g/mol. The number of hydrogen-bond acceptors (Lipinski definition) is 1. The Morgan fingerprint density at radius 3 is 2.90 bits per heavy atom. The van der Waals surface area contributed by atoms with E-state index in [0.717, 1.165) is 0 Å². The molecule has 2 unspecified atom stereocenters. The SMILES string of the molecule is IC1(SC2C=Cc3ccccc32)C=CC=C2C=CC=C21. The molecule has 0 radical (unpaired) electrons. The monoisotopic (exact) mass is 388 g/mol. The standard InChI is InChI=1S/C18H13IS/c19-18(12-4-7-14-6-3-9-16(14)18)20-17-11-10-13-5-1-2-8-15(13)17/h1-12,17H. The highest BCUT2D eigenvalue weighted by molar-refractivity contribution is 14.1. The quantitative estimate of drug-likeness (QED) is 0.469. The van der Waals surface area contributed by atoms with E-state index in [-0.39, 0.29) is 2.75 Å². The average molecular weight is 388 g/mol. The van der Waals surface area contributed by atoms with Gasteiger partial charge in [0.1, 0.15) is 2.75 Å². The molecule has 0 nitrogen and oxygen atoms in total. The molecule has 0 aliphatic heterocycles. The zero-order chi connectivity index (χ0) is 13.6. The van der Waals surface area contributed by atoms with E-state index in [9.17, 15) is 0 Å². The first-order chi connectivity index (χ1) is 9.76. The van der Waals surface area contributed by atoms with Crippen LogP contribution >= 0.6 is 34.4 Å². The van der Waals surface area contributed by atoms with E-state index in [0.29, 0.717) is 5.25 Å². The Hall–Kier alpha value is -1.00. The lowest BCUT2D eigenvalue weighted by Gasteiger charge is -2.31. The second-order valence-electron chi connectivity index (χ2n) is 5.09. The van der Waals surface area contributed by atoms with E-state index in [4.69, 9.17) is 0 Å². The maximum atomic E-state index is 2.59. The topological polar surface area (TPSA) is 0 Å². The van der Waals surface area contributed by atoms with Crippen LogP contribution in [0.25, 0.3) is 6.08 Å². The number of hydrogen-bond donors (Lipinski definition) is 0. The number of alkyl halides is 1. The fourth-order valence-electron chi connectivity index (χ4n) is 2.86. The van der Waals surface area contributed by atoms with E-state index in [1.165, 1.54) is 22.3 Å². The maximum absolute atomic E-state index is 2.59. The van der Waals surface area contributed by atoms with Gasteiger partial charge >= 0.3 is 0 Å². The number of thioether (sulfide) groups is 1. The van der Waals surface area contributed by atoms with Crippen LogP contribution in [0.3, 0.4) is 0 Å². The number of rotatable bonds is 2. The van der Waals surface area contributed by atoms with Crippen molar-refractivity contribution in [3.05, 3.63) is 89.1 Å². The first-order valence-electron chi connectivity index (χ1n) is 6.69. The van der Waals surface area contributed by atoms with Crippen LogP contribution in [0.5, 0.6) is 0 Å². The molecule has 0 spiro atoms. The van der Waals surface area contributed by atoms with Crippen molar-refractivity contribution in [2.75, 3.05) is 0 Å². The minimum atomic E-state index is 0.0256. The predicted molar refractivity (Wildman–Crippen MR) is 97.0 cm³/mol. The summed E-state index contributed by atoms with van der Waals surface area (Å²) in [4.78, 5) is 0. The molecule has 4 rings (SSSR count). The van der Waals surface area contributed by atoms with Crippen molar-refractivity contribution in [2.45, 2.75) is 8.00 Å². The smallest absolute Gasteiger partial charge is 0.112 e. The van der Waals surface area contributed by atoms with Gasteiger partial charge in [-0.15, -0.1) is 11.8 Å². The second kappa shape index (κ2) is 4.78. The number of halogens is 1. The van der Waals surface area contributed by atoms with Crippen molar-refractivity contribution in [2.24, 2.45) is 0 Å². The van der Waals surface area contributed by atoms with Crippen LogP contribution in [0, 0.1) is 0 Å². The second-order valence-corrected chi connectivity index (χ2v) is 8.91. The fourth-order valence-corrected chi connectivity index (χ4v) is 5.72. The summed E-state index contributed by atoms with van der Waals surface area (Å²) >= 11 is 4.60. The summed E-state index contributed by atoms with van der Waals surface area (Å²) in [7, 11) is 0. The first-order valence-corrected chi connectivity index (χ1v) is 8.65. The summed E-state index contributed by atoms with van der Waals surface area (Å²) in [5.74, 6) is 0. The van der Waals surface area contributed by atoms with Crippen molar-refractivity contribution in [1.29, 1.82) is 0 Å². The highest BCUT2D eigenvalue weighted by Crippen LogP contribution is 2.55. The first kappa shape index (κ1) is 12.7. The third-order valence-electron chi connectivity index (χ3n) is 3.85.